The van der Waals surface area contributed by atoms with Crippen molar-refractivity contribution in [1.82, 2.24) is 19.8 Å². The third-order valence-corrected chi connectivity index (χ3v) is 6.52. The molecule has 1 aliphatic heterocycles. The molecule has 0 fully saturated rings. The number of hydrogen-bond acceptors (Lipinski definition) is 6. The van der Waals surface area contributed by atoms with Crippen molar-refractivity contribution in [2.45, 2.75) is 26.0 Å². The molecule has 8 heteroatoms. The zero-order valence-electron chi connectivity index (χ0n) is 21.3. The number of pyridine rings is 2. The van der Waals surface area contributed by atoms with Gasteiger partial charge < -0.3 is 19.6 Å². The van der Waals surface area contributed by atoms with Crippen LogP contribution in [-0.2, 0) is 0 Å². The first-order valence-electron chi connectivity index (χ1n) is 12.3. The molecule has 0 aliphatic carbocycles. The van der Waals surface area contributed by atoms with Crippen LogP contribution in [0.5, 0.6) is 5.88 Å². The van der Waals surface area contributed by atoms with E-state index in [0.29, 0.717) is 24.2 Å². The second kappa shape index (κ2) is 11.8. The lowest BCUT2D eigenvalue weighted by Crippen LogP contribution is -2.50. The van der Waals surface area contributed by atoms with Gasteiger partial charge in [-0.05, 0) is 36.2 Å². The van der Waals surface area contributed by atoms with Gasteiger partial charge in [-0.1, -0.05) is 49.4 Å². The first-order chi connectivity index (χ1) is 17.9. The number of amides is 2. The van der Waals surface area contributed by atoms with E-state index in [1.807, 2.05) is 56.3 Å². The number of hydrogen-bond donors (Lipinski definition) is 1. The summed E-state index contributed by atoms with van der Waals surface area (Å²) in [5, 5.41) is 9.87. The minimum Gasteiger partial charge on any atom is -0.472 e. The minimum absolute atomic E-state index is 0.130. The molecule has 2 aromatic heterocycles. The zero-order valence-corrected chi connectivity index (χ0v) is 21.3. The number of aliphatic hydroxyl groups excluding tert-OH is 1. The molecule has 1 N–H and O–H groups in total. The van der Waals surface area contributed by atoms with Crippen molar-refractivity contribution < 1.29 is 19.4 Å². The van der Waals surface area contributed by atoms with Crippen LogP contribution in [0.15, 0.2) is 67.1 Å². The van der Waals surface area contributed by atoms with E-state index >= 15 is 0 Å². The van der Waals surface area contributed by atoms with Gasteiger partial charge in [0.25, 0.3) is 11.8 Å². The van der Waals surface area contributed by atoms with E-state index in [1.165, 1.54) is 6.20 Å². The molecule has 0 radical (unpaired) electrons. The first-order valence-corrected chi connectivity index (χ1v) is 12.3. The molecule has 0 saturated heterocycles. The van der Waals surface area contributed by atoms with Crippen LogP contribution >= 0.6 is 0 Å². The van der Waals surface area contributed by atoms with Gasteiger partial charge in [-0.3, -0.25) is 14.6 Å². The molecule has 0 unspecified atom stereocenters. The van der Waals surface area contributed by atoms with Crippen molar-refractivity contribution >= 4 is 24.0 Å². The van der Waals surface area contributed by atoms with Crippen molar-refractivity contribution in [3.63, 3.8) is 0 Å². The molecule has 0 spiro atoms. The number of carbonyl (C=O) groups excluding carboxylic acids is 2. The van der Waals surface area contributed by atoms with Crippen LogP contribution in [0.2, 0.25) is 0 Å². The Bertz CT molecular complexity index is 1250. The normalized spacial score (nSPS) is 18.5. The Morgan fingerprint density at radius 3 is 2.65 bits per heavy atom. The first kappa shape index (κ1) is 26.0. The number of likely N-dealkylation sites (N-methyl/N-ethyl adjacent to an activating group) is 1. The number of benzene rings is 1. The van der Waals surface area contributed by atoms with Crippen LogP contribution < -0.4 is 4.74 Å². The SMILES string of the molecule is C[C@@H]1CN([C@@H](C)CO)C(=O)c2cc(/C=C/c3ccccc3)cnc2O[C@H]1CN(C)C(=O)c1cccnc1. The van der Waals surface area contributed by atoms with Crippen LogP contribution in [-0.4, -0.2) is 75.6 Å². The summed E-state index contributed by atoms with van der Waals surface area (Å²) in [6.07, 6.45) is 8.25. The summed E-state index contributed by atoms with van der Waals surface area (Å²) >= 11 is 0. The molecule has 1 aromatic carbocycles. The van der Waals surface area contributed by atoms with Crippen LogP contribution in [0.1, 0.15) is 45.7 Å². The van der Waals surface area contributed by atoms with Crippen LogP contribution in [0, 0.1) is 5.92 Å². The lowest BCUT2D eigenvalue weighted by Gasteiger charge is -2.37. The van der Waals surface area contributed by atoms with E-state index in [1.54, 1.807) is 47.4 Å². The Labute approximate surface area is 217 Å². The van der Waals surface area contributed by atoms with Crippen LogP contribution in [0.4, 0.5) is 0 Å². The van der Waals surface area contributed by atoms with Crippen molar-refractivity contribution in [1.29, 1.82) is 0 Å². The molecule has 4 rings (SSSR count). The Kier molecular flexibility index (Phi) is 8.30. The Balaban J connectivity index is 1.64. The summed E-state index contributed by atoms with van der Waals surface area (Å²) in [7, 11) is 1.72. The highest BCUT2D eigenvalue weighted by Crippen LogP contribution is 2.28. The van der Waals surface area contributed by atoms with E-state index in [0.717, 1.165) is 11.1 Å². The number of rotatable bonds is 7. The summed E-state index contributed by atoms with van der Waals surface area (Å²) in [6.45, 7) is 4.27. The van der Waals surface area contributed by atoms with E-state index in [-0.39, 0.29) is 36.3 Å². The molecule has 1 aliphatic rings. The highest BCUT2D eigenvalue weighted by atomic mass is 16.5. The van der Waals surface area contributed by atoms with Gasteiger partial charge in [0.05, 0.1) is 24.8 Å². The summed E-state index contributed by atoms with van der Waals surface area (Å²) < 4.78 is 6.30. The van der Waals surface area contributed by atoms with Gasteiger partial charge in [-0.25, -0.2) is 4.98 Å². The van der Waals surface area contributed by atoms with Crippen molar-refractivity contribution in [2.75, 3.05) is 26.7 Å². The number of nitrogens with zero attached hydrogens (tertiary/aromatic N) is 4. The van der Waals surface area contributed by atoms with Gasteiger partial charge in [0.15, 0.2) is 0 Å². The highest BCUT2D eigenvalue weighted by molar-refractivity contribution is 5.97. The molecule has 192 valence electrons. The third kappa shape index (κ3) is 6.21. The summed E-state index contributed by atoms with van der Waals surface area (Å²) in [6, 6.07) is 14.7. The quantitative estimate of drug-likeness (QED) is 0.532. The van der Waals surface area contributed by atoms with Gasteiger partial charge in [-0.2, -0.15) is 0 Å². The van der Waals surface area contributed by atoms with E-state index in [4.69, 9.17) is 4.74 Å². The number of fused-ring (bicyclic) bond motifs is 1. The molecular formula is C29H32N4O4. The van der Waals surface area contributed by atoms with Crippen molar-refractivity contribution in [2.24, 2.45) is 5.92 Å². The van der Waals surface area contributed by atoms with Gasteiger partial charge in [-0.15, -0.1) is 0 Å². The van der Waals surface area contributed by atoms with Gasteiger partial charge in [0.2, 0.25) is 5.88 Å². The summed E-state index contributed by atoms with van der Waals surface area (Å²) in [4.78, 5) is 38.3. The van der Waals surface area contributed by atoms with Gasteiger partial charge >= 0.3 is 0 Å². The topological polar surface area (TPSA) is 95.9 Å². The fourth-order valence-electron chi connectivity index (χ4n) is 4.25. The van der Waals surface area contributed by atoms with Crippen molar-refractivity contribution in [3.05, 3.63) is 89.4 Å². The monoisotopic (exact) mass is 500 g/mol. The van der Waals surface area contributed by atoms with Gasteiger partial charge in [0.1, 0.15) is 11.7 Å². The lowest BCUT2D eigenvalue weighted by atomic mass is 9.99. The molecular weight excluding hydrogens is 468 g/mol. The lowest BCUT2D eigenvalue weighted by molar-refractivity contribution is 0.0313. The van der Waals surface area contributed by atoms with Gasteiger partial charge in [0, 0.05) is 38.1 Å². The maximum absolute atomic E-state index is 13.6. The molecule has 0 bridgehead atoms. The molecule has 3 atom stereocenters. The fourth-order valence-corrected chi connectivity index (χ4v) is 4.25. The fraction of sp³-hybridized carbons (Fsp3) is 0.310. The average molecular weight is 501 g/mol. The maximum atomic E-state index is 13.6. The molecule has 0 saturated carbocycles. The Morgan fingerprint density at radius 2 is 1.95 bits per heavy atom. The number of aromatic nitrogens is 2. The third-order valence-electron chi connectivity index (χ3n) is 6.52. The summed E-state index contributed by atoms with van der Waals surface area (Å²) in [5.74, 6) is -0.327. The van der Waals surface area contributed by atoms with Crippen LogP contribution in [0.3, 0.4) is 0 Å². The molecule has 37 heavy (non-hydrogen) atoms. The molecule has 3 aromatic rings. The second-order valence-corrected chi connectivity index (χ2v) is 9.42. The zero-order chi connectivity index (χ0) is 26.4. The Hall–Kier alpha value is -4.04. The van der Waals surface area contributed by atoms with Crippen molar-refractivity contribution in [3.8, 4) is 5.88 Å². The predicted molar refractivity (Wildman–Crippen MR) is 142 cm³/mol. The minimum atomic E-state index is -0.427. The van der Waals surface area contributed by atoms with E-state index < -0.39 is 6.10 Å². The largest absolute Gasteiger partial charge is 0.472 e. The maximum Gasteiger partial charge on any atom is 0.259 e. The Morgan fingerprint density at radius 1 is 1.19 bits per heavy atom. The summed E-state index contributed by atoms with van der Waals surface area (Å²) in [5.41, 5.74) is 2.60. The standard InChI is InChI=1S/C29H32N4O4/c1-20-17-33(21(2)19-34)29(36)25-14-23(12-11-22-8-5-4-6-9-22)15-31-27(25)37-26(20)18-32(3)28(35)24-10-7-13-30-16-24/h4-16,20-21,26,34H,17-19H2,1-3H3/b12-11+/t20-,21+,26+/m1/s1. The second-order valence-electron chi connectivity index (χ2n) is 9.42. The van der Waals surface area contributed by atoms with E-state index in [2.05, 4.69) is 9.97 Å². The smallest absolute Gasteiger partial charge is 0.259 e. The molecule has 8 nitrogen and oxygen atoms in total. The average Bonchev–Trinajstić information content (AvgIpc) is 2.94. The number of aliphatic hydroxyl groups is 1. The predicted octanol–water partition coefficient (Wildman–Crippen LogP) is 3.64. The number of ether oxygens (including phenoxy) is 1. The number of carbonyl (C=O) groups is 2. The van der Waals surface area contributed by atoms with E-state index in [9.17, 15) is 14.7 Å². The highest BCUT2D eigenvalue weighted by Gasteiger charge is 2.34. The van der Waals surface area contributed by atoms with Crippen LogP contribution in [0.25, 0.3) is 12.2 Å². The molecule has 2 amide bonds. The molecule has 3 heterocycles.